The van der Waals surface area contributed by atoms with E-state index in [1.54, 1.807) is 42.0 Å². The second-order valence-electron chi connectivity index (χ2n) is 6.85. The van der Waals surface area contributed by atoms with E-state index in [9.17, 15) is 13.2 Å². The summed E-state index contributed by atoms with van der Waals surface area (Å²) < 4.78 is 28.6. The van der Waals surface area contributed by atoms with Crippen molar-refractivity contribution in [2.24, 2.45) is 7.05 Å². The molecule has 12 heteroatoms. The number of hydrogen-bond donors (Lipinski definition) is 1. The molecule has 3 rings (SSSR count). The van der Waals surface area contributed by atoms with E-state index in [4.69, 9.17) is 5.26 Å². The van der Waals surface area contributed by atoms with Crippen LogP contribution in [0.1, 0.15) is 17.0 Å². The third-order valence-electron chi connectivity index (χ3n) is 4.45. The van der Waals surface area contributed by atoms with Crippen LogP contribution in [-0.2, 0) is 34.0 Å². The summed E-state index contributed by atoms with van der Waals surface area (Å²) in [5.74, 6) is -0.153. The minimum atomic E-state index is -3.62. The van der Waals surface area contributed by atoms with Crippen molar-refractivity contribution in [3.63, 3.8) is 0 Å². The molecule has 0 aliphatic rings. The fraction of sp³-hybridized carbons (Fsp3) is 0.250. The van der Waals surface area contributed by atoms with E-state index >= 15 is 0 Å². The molecule has 2 aromatic heterocycles. The maximum Gasteiger partial charge on any atom is 0.236 e. The molecule has 1 amide bonds. The Morgan fingerprint density at radius 2 is 2.03 bits per heavy atom. The van der Waals surface area contributed by atoms with Gasteiger partial charge >= 0.3 is 0 Å². The van der Waals surface area contributed by atoms with E-state index in [1.165, 1.54) is 10.9 Å². The molecule has 0 aliphatic carbocycles. The molecule has 1 N–H and O–H groups in total. The number of rotatable bonds is 9. The summed E-state index contributed by atoms with van der Waals surface area (Å²) in [5, 5.41) is 24.2. The van der Waals surface area contributed by atoms with Crippen molar-refractivity contribution in [3.05, 3.63) is 60.1 Å². The van der Waals surface area contributed by atoms with Crippen LogP contribution >= 0.6 is 11.8 Å². The second kappa shape index (κ2) is 9.80. The Morgan fingerprint density at radius 3 is 2.69 bits per heavy atom. The molecular weight excluding hydrogens is 450 g/mol. The second-order valence-corrected chi connectivity index (χ2v) is 9.78. The number of carbonyl (C=O) groups excluding carboxylic acids is 1. The summed E-state index contributed by atoms with van der Waals surface area (Å²) in [6.07, 6.45) is 2.97. The summed E-state index contributed by atoms with van der Waals surface area (Å²) >= 11 is 1.10. The van der Waals surface area contributed by atoms with E-state index in [2.05, 4.69) is 27.2 Å². The van der Waals surface area contributed by atoms with Gasteiger partial charge in [0.25, 0.3) is 0 Å². The lowest BCUT2D eigenvalue weighted by Crippen LogP contribution is -2.18. The quantitative estimate of drug-likeness (QED) is 0.370. The average Bonchev–Trinajstić information content (AvgIpc) is 3.30. The van der Waals surface area contributed by atoms with E-state index < -0.39 is 9.84 Å². The van der Waals surface area contributed by atoms with Gasteiger partial charge in [0, 0.05) is 13.6 Å². The Labute approximate surface area is 189 Å². The van der Waals surface area contributed by atoms with Gasteiger partial charge in [0.1, 0.15) is 29.0 Å². The normalized spacial score (nSPS) is 11.2. The lowest BCUT2D eigenvalue weighted by Gasteiger charge is -2.09. The first kappa shape index (κ1) is 23.2. The van der Waals surface area contributed by atoms with Crippen molar-refractivity contribution in [1.82, 2.24) is 24.5 Å². The maximum atomic E-state index is 12.8. The lowest BCUT2D eigenvalue weighted by molar-refractivity contribution is -0.113. The molecule has 0 radical (unpaired) electrons. The molecule has 0 atom stereocenters. The zero-order valence-corrected chi connectivity index (χ0v) is 19.2. The molecule has 2 heterocycles. The van der Waals surface area contributed by atoms with E-state index in [-0.39, 0.29) is 40.2 Å². The number of aromatic nitrogens is 5. The maximum absolute atomic E-state index is 12.8. The number of hydrogen-bond acceptors (Lipinski definition) is 8. The van der Waals surface area contributed by atoms with Crippen molar-refractivity contribution in [1.29, 1.82) is 5.26 Å². The highest BCUT2D eigenvalue weighted by Crippen LogP contribution is 2.22. The highest BCUT2D eigenvalue weighted by Gasteiger charge is 2.22. The first-order valence-electron chi connectivity index (χ1n) is 9.42. The van der Waals surface area contributed by atoms with Crippen LogP contribution in [0.5, 0.6) is 0 Å². The van der Waals surface area contributed by atoms with Crippen molar-refractivity contribution >= 4 is 33.3 Å². The number of amides is 1. The molecule has 0 unspecified atom stereocenters. The van der Waals surface area contributed by atoms with Gasteiger partial charge in [-0.3, -0.25) is 9.48 Å². The molecule has 32 heavy (non-hydrogen) atoms. The van der Waals surface area contributed by atoms with Crippen molar-refractivity contribution in [3.8, 4) is 6.07 Å². The molecule has 0 spiro atoms. The molecule has 166 valence electrons. The number of carbonyl (C=O) groups is 1. The molecule has 0 fully saturated rings. The Kier molecular flexibility index (Phi) is 7.12. The summed E-state index contributed by atoms with van der Waals surface area (Å²) in [7, 11) is -2.01. The van der Waals surface area contributed by atoms with Crippen LogP contribution in [0.4, 0.5) is 5.82 Å². The van der Waals surface area contributed by atoms with E-state index in [0.29, 0.717) is 11.0 Å². The van der Waals surface area contributed by atoms with E-state index in [1.807, 2.05) is 13.0 Å². The number of nitrogens with zero attached hydrogens (tertiary/aromatic N) is 6. The number of anilines is 1. The number of nitriles is 1. The predicted octanol–water partition coefficient (Wildman–Crippen LogP) is 2.08. The topological polar surface area (TPSA) is 136 Å². The molecule has 0 aliphatic heterocycles. The first-order valence-corrected chi connectivity index (χ1v) is 12.1. The van der Waals surface area contributed by atoms with Crippen molar-refractivity contribution in [2.75, 3.05) is 11.1 Å². The molecule has 0 saturated heterocycles. The molecule has 1 aromatic carbocycles. The Bertz CT molecular complexity index is 1290. The molecular formula is C20H21N7O3S2. The van der Waals surface area contributed by atoms with Crippen LogP contribution in [0.15, 0.2) is 53.2 Å². The minimum Gasteiger partial charge on any atom is -0.309 e. The number of allylic oxidation sites excluding steroid dienone is 1. The summed E-state index contributed by atoms with van der Waals surface area (Å²) in [6, 6.07) is 8.56. The van der Waals surface area contributed by atoms with Gasteiger partial charge in [-0.1, -0.05) is 35.5 Å². The van der Waals surface area contributed by atoms with Gasteiger partial charge in [-0.2, -0.15) is 10.4 Å². The number of thioether (sulfide) groups is 1. The van der Waals surface area contributed by atoms with Crippen molar-refractivity contribution < 1.29 is 13.2 Å². The molecule has 0 bridgehead atoms. The van der Waals surface area contributed by atoms with Crippen LogP contribution in [0.2, 0.25) is 0 Å². The van der Waals surface area contributed by atoms with Crippen molar-refractivity contribution in [2.45, 2.75) is 29.3 Å². The fourth-order valence-corrected chi connectivity index (χ4v) is 4.85. The van der Waals surface area contributed by atoms with Gasteiger partial charge in [0.05, 0.1) is 16.8 Å². The fourth-order valence-electron chi connectivity index (χ4n) is 2.81. The number of nitrogens with one attached hydrogen (secondary N) is 1. The third kappa shape index (κ3) is 5.24. The Morgan fingerprint density at radius 1 is 1.31 bits per heavy atom. The Hall–Kier alpha value is -3.43. The average molecular weight is 472 g/mol. The largest absolute Gasteiger partial charge is 0.309 e. The van der Waals surface area contributed by atoms with Crippen LogP contribution in [0, 0.1) is 18.3 Å². The highest BCUT2D eigenvalue weighted by molar-refractivity contribution is 7.99. The van der Waals surface area contributed by atoms with Crippen LogP contribution in [-0.4, -0.2) is 44.6 Å². The number of benzene rings is 1. The number of aryl methyl sites for hydroxylation is 2. The molecule has 3 aromatic rings. The van der Waals surface area contributed by atoms with E-state index in [0.717, 1.165) is 17.3 Å². The van der Waals surface area contributed by atoms with Crippen LogP contribution < -0.4 is 5.32 Å². The zero-order chi connectivity index (χ0) is 23.3. The van der Waals surface area contributed by atoms with Gasteiger partial charge in [-0.05, 0) is 19.1 Å². The van der Waals surface area contributed by atoms with Gasteiger partial charge < -0.3 is 9.88 Å². The standard InChI is InChI=1S/C20H21N7O3S2/c1-4-9-27-17(13-32(29,30)16-7-5-14(2)6-8-16)24-25-20(27)31-12-18(28)23-19-15(10-21)11-22-26(19)3/h4-8,11H,1,9,12-13H2,2-3H3,(H,23,28). The van der Waals surface area contributed by atoms with Gasteiger partial charge in [0.15, 0.2) is 15.0 Å². The molecule has 10 nitrogen and oxygen atoms in total. The monoisotopic (exact) mass is 471 g/mol. The predicted molar refractivity (Wildman–Crippen MR) is 120 cm³/mol. The SMILES string of the molecule is C=CCn1c(CS(=O)(=O)c2ccc(C)cc2)nnc1SCC(=O)Nc1c(C#N)cnn1C. The van der Waals surface area contributed by atoms with Crippen LogP contribution in [0.3, 0.4) is 0 Å². The zero-order valence-electron chi connectivity index (χ0n) is 17.5. The summed E-state index contributed by atoms with van der Waals surface area (Å²) in [5.41, 5.74) is 1.22. The summed E-state index contributed by atoms with van der Waals surface area (Å²) in [6.45, 7) is 5.87. The highest BCUT2D eigenvalue weighted by atomic mass is 32.2. The molecule has 0 saturated carbocycles. The lowest BCUT2D eigenvalue weighted by atomic mass is 10.2. The smallest absolute Gasteiger partial charge is 0.236 e. The van der Waals surface area contributed by atoms with Gasteiger partial charge in [0.2, 0.25) is 5.91 Å². The van der Waals surface area contributed by atoms with Gasteiger partial charge in [-0.15, -0.1) is 16.8 Å². The Balaban J connectivity index is 1.74. The van der Waals surface area contributed by atoms with Gasteiger partial charge in [-0.25, -0.2) is 8.42 Å². The first-order chi connectivity index (χ1) is 15.2. The minimum absolute atomic E-state index is 0.0178. The summed E-state index contributed by atoms with van der Waals surface area (Å²) in [4.78, 5) is 12.6. The van der Waals surface area contributed by atoms with Crippen LogP contribution in [0.25, 0.3) is 0 Å². The number of sulfone groups is 1. The third-order valence-corrected chi connectivity index (χ3v) is 7.05.